The van der Waals surface area contributed by atoms with Gasteiger partial charge in [0.2, 0.25) is 0 Å². The van der Waals surface area contributed by atoms with Crippen LogP contribution >= 0.6 is 11.6 Å². The van der Waals surface area contributed by atoms with Crippen LogP contribution in [0.25, 0.3) is 0 Å². The van der Waals surface area contributed by atoms with Crippen molar-refractivity contribution in [3.63, 3.8) is 0 Å². The smallest absolute Gasteiger partial charge is 0.250 e. The highest BCUT2D eigenvalue weighted by Gasteiger charge is 2.11. The summed E-state index contributed by atoms with van der Waals surface area (Å²) in [5.41, 5.74) is 11.9. The third-order valence-corrected chi connectivity index (χ3v) is 2.80. The molecule has 0 aliphatic heterocycles. The van der Waals surface area contributed by atoms with Crippen molar-refractivity contribution in [1.82, 2.24) is 0 Å². The first-order chi connectivity index (χ1) is 8.99. The number of amides is 1. The number of halogens is 2. The van der Waals surface area contributed by atoms with Crippen LogP contribution in [0.3, 0.4) is 0 Å². The van der Waals surface area contributed by atoms with E-state index in [1.165, 1.54) is 24.3 Å². The van der Waals surface area contributed by atoms with E-state index in [1.807, 2.05) is 0 Å². The molecule has 0 saturated carbocycles. The molecule has 0 fully saturated rings. The van der Waals surface area contributed by atoms with E-state index < -0.39 is 11.7 Å². The van der Waals surface area contributed by atoms with Crippen molar-refractivity contribution in [3.8, 4) is 0 Å². The number of rotatable bonds is 3. The number of nitrogens with one attached hydrogen (secondary N) is 1. The van der Waals surface area contributed by atoms with E-state index >= 15 is 0 Å². The fraction of sp³-hybridized carbons (Fsp3) is 0. The van der Waals surface area contributed by atoms with Crippen LogP contribution in [0.1, 0.15) is 10.4 Å². The SMILES string of the molecule is NC(=O)c1cccc(Nc2cc(Cl)ccc2F)c1N. The average Bonchev–Trinajstić information content (AvgIpc) is 2.36. The molecule has 5 N–H and O–H groups in total. The Bertz CT molecular complexity index is 646. The van der Waals surface area contributed by atoms with Crippen molar-refractivity contribution in [2.45, 2.75) is 0 Å². The summed E-state index contributed by atoms with van der Waals surface area (Å²) < 4.78 is 13.6. The van der Waals surface area contributed by atoms with Gasteiger partial charge < -0.3 is 16.8 Å². The molecule has 98 valence electrons. The quantitative estimate of drug-likeness (QED) is 0.756. The maximum absolute atomic E-state index is 13.6. The van der Waals surface area contributed by atoms with Crippen LogP contribution in [0.5, 0.6) is 0 Å². The Morgan fingerprint density at radius 2 is 1.95 bits per heavy atom. The fourth-order valence-corrected chi connectivity index (χ4v) is 1.80. The van der Waals surface area contributed by atoms with Crippen molar-refractivity contribution < 1.29 is 9.18 Å². The molecular formula is C13H11ClFN3O. The van der Waals surface area contributed by atoms with E-state index in [4.69, 9.17) is 23.1 Å². The highest BCUT2D eigenvalue weighted by Crippen LogP contribution is 2.28. The number of anilines is 3. The minimum atomic E-state index is -0.646. The maximum Gasteiger partial charge on any atom is 0.250 e. The summed E-state index contributed by atoms with van der Waals surface area (Å²) in [6.07, 6.45) is 0. The largest absolute Gasteiger partial charge is 0.396 e. The van der Waals surface area contributed by atoms with Gasteiger partial charge in [-0.25, -0.2) is 4.39 Å². The zero-order valence-corrected chi connectivity index (χ0v) is 10.5. The Labute approximate surface area is 114 Å². The first kappa shape index (κ1) is 13.2. The second-order valence-corrected chi connectivity index (χ2v) is 4.32. The monoisotopic (exact) mass is 279 g/mol. The van der Waals surface area contributed by atoms with Crippen molar-refractivity contribution in [1.29, 1.82) is 0 Å². The molecule has 2 aromatic rings. The fourth-order valence-electron chi connectivity index (χ4n) is 1.63. The lowest BCUT2D eigenvalue weighted by atomic mass is 10.1. The first-order valence-electron chi connectivity index (χ1n) is 5.39. The van der Waals surface area contributed by atoms with Gasteiger partial charge in [-0.2, -0.15) is 0 Å². The molecule has 0 saturated heterocycles. The highest BCUT2D eigenvalue weighted by molar-refractivity contribution is 6.30. The van der Waals surface area contributed by atoms with Crippen molar-refractivity contribution in [2.24, 2.45) is 5.73 Å². The molecule has 0 spiro atoms. The third kappa shape index (κ3) is 2.77. The number of hydrogen-bond acceptors (Lipinski definition) is 3. The van der Waals surface area contributed by atoms with Crippen molar-refractivity contribution in [2.75, 3.05) is 11.1 Å². The number of primary amides is 1. The van der Waals surface area contributed by atoms with E-state index in [0.29, 0.717) is 10.7 Å². The molecule has 2 rings (SSSR count). The summed E-state index contributed by atoms with van der Waals surface area (Å²) >= 11 is 5.79. The van der Waals surface area contributed by atoms with Gasteiger partial charge in [0, 0.05) is 5.02 Å². The van der Waals surface area contributed by atoms with Crippen LogP contribution in [-0.4, -0.2) is 5.91 Å². The van der Waals surface area contributed by atoms with Gasteiger partial charge in [0.25, 0.3) is 5.91 Å². The number of para-hydroxylation sites is 1. The van der Waals surface area contributed by atoms with Gasteiger partial charge in [0.15, 0.2) is 0 Å². The molecule has 6 heteroatoms. The Morgan fingerprint density at radius 1 is 1.21 bits per heavy atom. The normalized spacial score (nSPS) is 10.2. The highest BCUT2D eigenvalue weighted by atomic mass is 35.5. The van der Waals surface area contributed by atoms with Crippen molar-refractivity contribution in [3.05, 3.63) is 52.8 Å². The molecule has 0 aliphatic rings. The standard InChI is InChI=1S/C13H11ClFN3O/c14-7-4-5-9(15)11(6-7)18-10-3-1-2-8(12(10)16)13(17)19/h1-6,18H,16H2,(H2,17,19). The molecule has 0 unspecified atom stereocenters. The first-order valence-corrected chi connectivity index (χ1v) is 5.77. The Hall–Kier alpha value is -2.27. The van der Waals surface area contributed by atoms with Gasteiger partial charge in [-0.3, -0.25) is 4.79 Å². The van der Waals surface area contributed by atoms with Gasteiger partial charge in [0.05, 0.1) is 22.6 Å². The molecule has 0 radical (unpaired) electrons. The van der Waals surface area contributed by atoms with Gasteiger partial charge in [0.1, 0.15) is 5.82 Å². The minimum Gasteiger partial charge on any atom is -0.396 e. The maximum atomic E-state index is 13.6. The Kier molecular flexibility index (Phi) is 3.57. The summed E-state index contributed by atoms with van der Waals surface area (Å²) in [5.74, 6) is -1.12. The summed E-state index contributed by atoms with van der Waals surface area (Å²) in [6, 6.07) is 8.80. The number of carbonyl (C=O) groups is 1. The molecule has 0 aromatic heterocycles. The van der Waals surface area contributed by atoms with Crippen LogP contribution in [0.15, 0.2) is 36.4 Å². The third-order valence-electron chi connectivity index (χ3n) is 2.57. The summed E-state index contributed by atoms with van der Waals surface area (Å²) in [5, 5.41) is 3.17. The molecule has 0 heterocycles. The zero-order chi connectivity index (χ0) is 14.0. The van der Waals surface area contributed by atoms with Crippen LogP contribution in [0.2, 0.25) is 5.02 Å². The number of benzene rings is 2. The number of hydrogen-bond donors (Lipinski definition) is 3. The van der Waals surface area contributed by atoms with Gasteiger partial charge in [-0.05, 0) is 30.3 Å². The van der Waals surface area contributed by atoms with E-state index in [-0.39, 0.29) is 16.9 Å². The van der Waals surface area contributed by atoms with Crippen molar-refractivity contribution >= 4 is 34.6 Å². The predicted octanol–water partition coefficient (Wildman–Crippen LogP) is 2.90. The summed E-state index contributed by atoms with van der Waals surface area (Å²) in [4.78, 5) is 11.2. The lowest BCUT2D eigenvalue weighted by molar-refractivity contribution is 0.100. The van der Waals surface area contributed by atoms with Gasteiger partial charge >= 0.3 is 0 Å². The van der Waals surface area contributed by atoms with Crippen LogP contribution in [-0.2, 0) is 0 Å². The van der Waals surface area contributed by atoms with E-state index in [2.05, 4.69) is 5.32 Å². The number of carbonyl (C=O) groups excluding carboxylic acids is 1. The zero-order valence-electron chi connectivity index (χ0n) is 9.78. The lowest BCUT2D eigenvalue weighted by Crippen LogP contribution is -2.14. The molecule has 4 nitrogen and oxygen atoms in total. The van der Waals surface area contributed by atoms with E-state index in [1.54, 1.807) is 12.1 Å². The average molecular weight is 280 g/mol. The van der Waals surface area contributed by atoms with Gasteiger partial charge in [-0.1, -0.05) is 17.7 Å². The minimum absolute atomic E-state index is 0.161. The Morgan fingerprint density at radius 3 is 2.63 bits per heavy atom. The van der Waals surface area contributed by atoms with Crippen LogP contribution in [0, 0.1) is 5.82 Å². The topological polar surface area (TPSA) is 81.1 Å². The van der Waals surface area contributed by atoms with E-state index in [0.717, 1.165) is 0 Å². The molecular weight excluding hydrogens is 269 g/mol. The second kappa shape index (κ2) is 5.16. The Balaban J connectivity index is 2.41. The van der Waals surface area contributed by atoms with Crippen LogP contribution in [0.4, 0.5) is 21.5 Å². The summed E-state index contributed by atoms with van der Waals surface area (Å²) in [6.45, 7) is 0. The number of nitrogens with two attached hydrogens (primary N) is 2. The number of nitrogen functional groups attached to an aromatic ring is 1. The van der Waals surface area contributed by atoms with E-state index in [9.17, 15) is 9.18 Å². The molecule has 0 bridgehead atoms. The molecule has 19 heavy (non-hydrogen) atoms. The summed E-state index contributed by atoms with van der Waals surface area (Å²) in [7, 11) is 0. The molecule has 0 aliphatic carbocycles. The molecule has 2 aromatic carbocycles. The molecule has 1 amide bonds. The van der Waals surface area contributed by atoms with Gasteiger partial charge in [-0.15, -0.1) is 0 Å². The second-order valence-electron chi connectivity index (χ2n) is 3.88. The van der Waals surface area contributed by atoms with Crippen LogP contribution < -0.4 is 16.8 Å². The lowest BCUT2D eigenvalue weighted by Gasteiger charge is -2.12. The molecule has 0 atom stereocenters. The predicted molar refractivity (Wildman–Crippen MR) is 74.1 cm³/mol.